The molecule has 110 valence electrons. The van der Waals surface area contributed by atoms with Crippen molar-refractivity contribution in [2.75, 3.05) is 13.1 Å². The molecule has 0 aliphatic carbocycles. The molecule has 1 aromatic carbocycles. The van der Waals surface area contributed by atoms with E-state index in [9.17, 15) is 4.79 Å². The number of carbonyl (C=O) groups excluding carboxylic acids is 1. The largest absolute Gasteiger partial charge is 0.350 e. The van der Waals surface area contributed by atoms with Gasteiger partial charge >= 0.3 is 0 Å². The number of carbonyl (C=O) groups is 1. The summed E-state index contributed by atoms with van der Waals surface area (Å²) in [5.74, 6) is 0.559. The minimum atomic E-state index is -0.0427. The van der Waals surface area contributed by atoms with E-state index in [2.05, 4.69) is 22.5 Å². The first kappa shape index (κ1) is 14.0. The van der Waals surface area contributed by atoms with E-state index in [1.165, 1.54) is 12.8 Å². The number of amides is 1. The third-order valence-electron chi connectivity index (χ3n) is 4.29. The van der Waals surface area contributed by atoms with Gasteiger partial charge in [-0.3, -0.25) is 9.78 Å². The molecule has 4 heteroatoms. The van der Waals surface area contributed by atoms with E-state index in [0.717, 1.165) is 17.4 Å². The lowest BCUT2D eigenvalue weighted by Crippen LogP contribution is -2.47. The number of fused-ring (bicyclic) bond motifs is 1. The normalized spacial score (nSPS) is 22.1. The average molecular weight is 283 g/mol. The van der Waals surface area contributed by atoms with Crippen LogP contribution in [-0.4, -0.2) is 30.0 Å². The maximum atomic E-state index is 12.4. The van der Waals surface area contributed by atoms with Crippen LogP contribution in [0.5, 0.6) is 0 Å². The van der Waals surface area contributed by atoms with Crippen LogP contribution < -0.4 is 10.6 Å². The average Bonchev–Trinajstić information content (AvgIpc) is 2.53. The SMILES string of the molecule is CC1CCCN[C@@H]1CNC(=O)c1cccc2cccnc12. The predicted octanol–water partition coefficient (Wildman–Crippen LogP) is 2.35. The molecule has 1 fully saturated rings. The summed E-state index contributed by atoms with van der Waals surface area (Å²) in [5, 5.41) is 7.53. The number of benzene rings is 1. The third-order valence-corrected chi connectivity index (χ3v) is 4.29. The lowest BCUT2D eigenvalue weighted by Gasteiger charge is -2.30. The molecule has 0 bridgehead atoms. The summed E-state index contributed by atoms with van der Waals surface area (Å²) in [7, 11) is 0. The Morgan fingerprint density at radius 3 is 3.10 bits per heavy atom. The molecule has 0 radical (unpaired) electrons. The van der Waals surface area contributed by atoms with E-state index >= 15 is 0 Å². The summed E-state index contributed by atoms with van der Waals surface area (Å²) in [5.41, 5.74) is 1.42. The highest BCUT2D eigenvalue weighted by atomic mass is 16.1. The van der Waals surface area contributed by atoms with Crippen LogP contribution in [0.4, 0.5) is 0 Å². The zero-order valence-corrected chi connectivity index (χ0v) is 12.3. The second-order valence-corrected chi connectivity index (χ2v) is 5.77. The van der Waals surface area contributed by atoms with E-state index < -0.39 is 0 Å². The van der Waals surface area contributed by atoms with Crippen molar-refractivity contribution in [2.24, 2.45) is 5.92 Å². The quantitative estimate of drug-likeness (QED) is 0.909. The van der Waals surface area contributed by atoms with E-state index in [1.54, 1.807) is 6.20 Å². The van der Waals surface area contributed by atoms with Crippen LogP contribution in [-0.2, 0) is 0 Å². The van der Waals surface area contributed by atoms with Crippen LogP contribution in [0.25, 0.3) is 10.9 Å². The number of nitrogens with zero attached hydrogens (tertiary/aromatic N) is 1. The molecule has 3 rings (SSSR count). The molecule has 2 heterocycles. The molecular weight excluding hydrogens is 262 g/mol. The maximum Gasteiger partial charge on any atom is 0.253 e. The maximum absolute atomic E-state index is 12.4. The number of hydrogen-bond acceptors (Lipinski definition) is 3. The van der Waals surface area contributed by atoms with Gasteiger partial charge in [0.2, 0.25) is 0 Å². The lowest BCUT2D eigenvalue weighted by molar-refractivity contribution is 0.0945. The number of pyridine rings is 1. The van der Waals surface area contributed by atoms with Crippen molar-refractivity contribution in [1.29, 1.82) is 0 Å². The fourth-order valence-corrected chi connectivity index (χ4v) is 2.97. The molecule has 0 spiro atoms. The number of hydrogen-bond donors (Lipinski definition) is 2. The zero-order valence-electron chi connectivity index (χ0n) is 12.3. The van der Waals surface area contributed by atoms with Crippen molar-refractivity contribution < 1.29 is 4.79 Å². The minimum absolute atomic E-state index is 0.0427. The Labute approximate surface area is 125 Å². The van der Waals surface area contributed by atoms with Crippen LogP contribution in [0, 0.1) is 5.92 Å². The highest BCUT2D eigenvalue weighted by Crippen LogP contribution is 2.17. The molecule has 1 unspecified atom stereocenters. The van der Waals surface area contributed by atoms with Crippen LogP contribution in [0.15, 0.2) is 36.5 Å². The third kappa shape index (κ3) is 3.05. The molecule has 1 amide bonds. The van der Waals surface area contributed by atoms with Gasteiger partial charge in [0.25, 0.3) is 5.91 Å². The molecule has 0 saturated carbocycles. The summed E-state index contributed by atoms with van der Waals surface area (Å²) in [6.45, 7) is 3.95. The van der Waals surface area contributed by atoms with Crippen molar-refractivity contribution in [2.45, 2.75) is 25.8 Å². The van der Waals surface area contributed by atoms with E-state index in [0.29, 0.717) is 24.1 Å². The summed E-state index contributed by atoms with van der Waals surface area (Å²) >= 11 is 0. The number of para-hydroxylation sites is 1. The Morgan fingerprint density at radius 2 is 2.24 bits per heavy atom. The van der Waals surface area contributed by atoms with Crippen LogP contribution in [0.3, 0.4) is 0 Å². The monoisotopic (exact) mass is 283 g/mol. The van der Waals surface area contributed by atoms with Crippen LogP contribution in [0.1, 0.15) is 30.1 Å². The number of aromatic nitrogens is 1. The molecule has 21 heavy (non-hydrogen) atoms. The predicted molar refractivity (Wildman–Crippen MR) is 84.3 cm³/mol. The fraction of sp³-hybridized carbons (Fsp3) is 0.412. The summed E-state index contributed by atoms with van der Waals surface area (Å²) in [6.07, 6.45) is 4.17. The molecule has 1 saturated heterocycles. The van der Waals surface area contributed by atoms with Crippen LogP contribution >= 0.6 is 0 Å². The summed E-state index contributed by atoms with van der Waals surface area (Å²) in [4.78, 5) is 16.8. The van der Waals surface area contributed by atoms with E-state index in [-0.39, 0.29) is 5.91 Å². The summed E-state index contributed by atoms with van der Waals surface area (Å²) < 4.78 is 0. The van der Waals surface area contributed by atoms with Crippen molar-refractivity contribution in [1.82, 2.24) is 15.6 Å². The molecule has 1 aliphatic rings. The smallest absolute Gasteiger partial charge is 0.253 e. The second kappa shape index (κ2) is 6.22. The second-order valence-electron chi connectivity index (χ2n) is 5.77. The van der Waals surface area contributed by atoms with Crippen LogP contribution in [0.2, 0.25) is 0 Å². The van der Waals surface area contributed by atoms with E-state index in [1.807, 2.05) is 30.3 Å². The Kier molecular flexibility index (Phi) is 4.15. The first-order chi connectivity index (χ1) is 10.3. The van der Waals surface area contributed by atoms with Gasteiger partial charge in [0.1, 0.15) is 0 Å². The molecule has 2 aromatic rings. The first-order valence-corrected chi connectivity index (χ1v) is 7.61. The highest BCUT2D eigenvalue weighted by Gasteiger charge is 2.21. The topological polar surface area (TPSA) is 54.0 Å². The standard InChI is InChI=1S/C17H21N3O/c1-12-5-3-9-18-15(12)11-20-17(21)14-8-2-6-13-7-4-10-19-16(13)14/h2,4,6-8,10,12,15,18H,3,5,9,11H2,1H3,(H,20,21)/t12?,15-/m1/s1. The molecule has 1 aliphatic heterocycles. The summed E-state index contributed by atoms with van der Waals surface area (Å²) in [6, 6.07) is 9.94. The number of nitrogens with one attached hydrogen (secondary N) is 2. The van der Waals surface area contributed by atoms with Crippen molar-refractivity contribution >= 4 is 16.8 Å². The van der Waals surface area contributed by atoms with Gasteiger partial charge in [-0.05, 0) is 37.4 Å². The fourth-order valence-electron chi connectivity index (χ4n) is 2.97. The van der Waals surface area contributed by atoms with E-state index in [4.69, 9.17) is 0 Å². The van der Waals surface area contributed by atoms with Gasteiger partial charge in [0.15, 0.2) is 0 Å². The van der Waals surface area contributed by atoms with Gasteiger partial charge in [-0.2, -0.15) is 0 Å². The van der Waals surface area contributed by atoms with Gasteiger partial charge in [0, 0.05) is 24.2 Å². The minimum Gasteiger partial charge on any atom is -0.350 e. The van der Waals surface area contributed by atoms with Gasteiger partial charge in [-0.15, -0.1) is 0 Å². The molecule has 2 atom stereocenters. The number of piperidine rings is 1. The van der Waals surface area contributed by atoms with Crippen molar-refractivity contribution in [3.05, 3.63) is 42.1 Å². The Balaban J connectivity index is 1.72. The van der Waals surface area contributed by atoms with Crippen molar-refractivity contribution in [3.63, 3.8) is 0 Å². The Morgan fingerprint density at radius 1 is 1.38 bits per heavy atom. The van der Waals surface area contributed by atoms with Crippen molar-refractivity contribution in [3.8, 4) is 0 Å². The zero-order chi connectivity index (χ0) is 14.7. The lowest BCUT2D eigenvalue weighted by atomic mass is 9.93. The van der Waals surface area contributed by atoms with Gasteiger partial charge in [-0.25, -0.2) is 0 Å². The molecular formula is C17H21N3O. The van der Waals surface area contributed by atoms with Gasteiger partial charge in [0.05, 0.1) is 11.1 Å². The molecule has 2 N–H and O–H groups in total. The Bertz CT molecular complexity index is 635. The Hall–Kier alpha value is -1.94. The highest BCUT2D eigenvalue weighted by molar-refractivity contribution is 6.05. The number of rotatable bonds is 3. The van der Waals surface area contributed by atoms with Gasteiger partial charge in [-0.1, -0.05) is 25.1 Å². The first-order valence-electron chi connectivity index (χ1n) is 7.61. The molecule has 4 nitrogen and oxygen atoms in total. The van der Waals surface area contributed by atoms with Gasteiger partial charge < -0.3 is 10.6 Å². The molecule has 1 aromatic heterocycles.